The van der Waals surface area contributed by atoms with E-state index in [2.05, 4.69) is 19.8 Å². The van der Waals surface area contributed by atoms with E-state index in [1.165, 1.54) is 16.4 Å². The normalized spacial score (nSPS) is 15.7. The first-order valence-electron chi connectivity index (χ1n) is 10.3. The first-order valence-corrected chi connectivity index (χ1v) is 12.5. The van der Waals surface area contributed by atoms with E-state index < -0.39 is 10.2 Å². The van der Waals surface area contributed by atoms with Gasteiger partial charge in [-0.05, 0) is 43.2 Å². The lowest BCUT2D eigenvalue weighted by molar-refractivity contribution is 0.271. The van der Waals surface area contributed by atoms with Crippen LogP contribution in [-0.4, -0.2) is 40.9 Å². The molecule has 3 heterocycles. The predicted molar refractivity (Wildman–Crippen MR) is 128 cm³/mol. The van der Waals surface area contributed by atoms with Crippen molar-refractivity contribution >= 4 is 50.0 Å². The van der Waals surface area contributed by atoms with E-state index in [4.69, 9.17) is 27.7 Å². The van der Waals surface area contributed by atoms with Crippen LogP contribution in [0.2, 0.25) is 10.0 Å². The highest BCUT2D eigenvalue weighted by molar-refractivity contribution is 7.90. The Labute approximate surface area is 200 Å². The smallest absolute Gasteiger partial charge is 0.301 e. The number of halogens is 2. The quantitative estimate of drug-likeness (QED) is 0.405. The van der Waals surface area contributed by atoms with Crippen LogP contribution in [0.4, 0.5) is 5.69 Å². The van der Waals surface area contributed by atoms with Crippen molar-refractivity contribution in [3.05, 3.63) is 70.5 Å². The third-order valence-corrected chi connectivity index (χ3v) is 7.50. The molecule has 2 aromatic heterocycles. The minimum Gasteiger partial charge on any atom is -0.339 e. The SMILES string of the molecule is O=S(=O)(Nc1cc(Cl)cc(Cl)c1)N1CCC(c2nc(-c3ccc4ccccc4n3)no2)CC1. The number of nitrogens with zero attached hydrogens (tertiary/aromatic N) is 4. The summed E-state index contributed by atoms with van der Waals surface area (Å²) in [6, 6.07) is 16.2. The summed E-state index contributed by atoms with van der Waals surface area (Å²) in [7, 11) is -3.74. The number of hydrogen-bond acceptors (Lipinski definition) is 6. The van der Waals surface area contributed by atoms with Gasteiger partial charge in [-0.3, -0.25) is 4.72 Å². The molecule has 0 spiro atoms. The Kier molecular flexibility index (Phi) is 5.96. The van der Waals surface area contributed by atoms with Crippen LogP contribution in [0.1, 0.15) is 24.7 Å². The molecule has 4 aromatic rings. The maximum atomic E-state index is 12.8. The van der Waals surface area contributed by atoms with Crippen LogP contribution in [0.5, 0.6) is 0 Å². The van der Waals surface area contributed by atoms with E-state index in [0.717, 1.165) is 10.9 Å². The summed E-state index contributed by atoms with van der Waals surface area (Å²) >= 11 is 11.9. The van der Waals surface area contributed by atoms with Crippen molar-refractivity contribution in [2.24, 2.45) is 0 Å². The number of benzene rings is 2. The number of anilines is 1. The van der Waals surface area contributed by atoms with Gasteiger partial charge in [0.05, 0.1) is 11.2 Å². The first-order chi connectivity index (χ1) is 15.9. The number of rotatable bonds is 5. The van der Waals surface area contributed by atoms with Crippen molar-refractivity contribution in [2.45, 2.75) is 18.8 Å². The molecule has 1 aliphatic heterocycles. The molecule has 2 aromatic carbocycles. The van der Waals surface area contributed by atoms with Gasteiger partial charge < -0.3 is 4.52 Å². The van der Waals surface area contributed by atoms with Crippen molar-refractivity contribution in [2.75, 3.05) is 17.8 Å². The van der Waals surface area contributed by atoms with Crippen LogP contribution >= 0.6 is 23.2 Å². The molecular formula is C22H19Cl2N5O3S. The molecule has 8 nitrogen and oxygen atoms in total. The monoisotopic (exact) mass is 503 g/mol. The summed E-state index contributed by atoms with van der Waals surface area (Å²) < 4.78 is 35.0. The summed E-state index contributed by atoms with van der Waals surface area (Å²) in [5, 5.41) is 5.83. The van der Waals surface area contributed by atoms with Gasteiger partial charge in [-0.1, -0.05) is 52.6 Å². The van der Waals surface area contributed by atoms with Crippen LogP contribution in [0.15, 0.2) is 59.1 Å². The Morgan fingerprint density at radius 2 is 1.70 bits per heavy atom. The molecular weight excluding hydrogens is 485 g/mol. The number of para-hydroxylation sites is 1. The van der Waals surface area contributed by atoms with Gasteiger partial charge in [0.15, 0.2) is 0 Å². The summed E-state index contributed by atoms with van der Waals surface area (Å²) in [4.78, 5) is 9.13. The van der Waals surface area contributed by atoms with E-state index in [1.54, 1.807) is 6.07 Å². The number of nitrogens with one attached hydrogen (secondary N) is 1. The molecule has 0 atom stereocenters. The second kappa shape index (κ2) is 8.90. The maximum Gasteiger partial charge on any atom is 0.301 e. The van der Waals surface area contributed by atoms with Gasteiger partial charge in [0.25, 0.3) is 0 Å². The highest BCUT2D eigenvalue weighted by atomic mass is 35.5. The average Bonchev–Trinajstić information content (AvgIpc) is 3.28. The second-order valence-electron chi connectivity index (χ2n) is 7.78. The third kappa shape index (κ3) is 4.81. The van der Waals surface area contributed by atoms with Gasteiger partial charge in [0.1, 0.15) is 5.69 Å². The molecule has 170 valence electrons. The zero-order chi connectivity index (χ0) is 23.0. The Bertz CT molecular complexity index is 1400. The van der Waals surface area contributed by atoms with Crippen LogP contribution in [0.3, 0.4) is 0 Å². The van der Waals surface area contributed by atoms with Crippen LogP contribution in [0, 0.1) is 0 Å². The lowest BCUT2D eigenvalue weighted by atomic mass is 9.98. The molecule has 1 N–H and O–H groups in total. The van der Waals surface area contributed by atoms with E-state index >= 15 is 0 Å². The predicted octanol–water partition coefficient (Wildman–Crippen LogP) is 5.13. The van der Waals surface area contributed by atoms with E-state index in [-0.39, 0.29) is 5.92 Å². The highest BCUT2D eigenvalue weighted by Crippen LogP contribution is 2.30. The van der Waals surface area contributed by atoms with Crippen molar-refractivity contribution < 1.29 is 12.9 Å². The number of pyridine rings is 1. The molecule has 0 bridgehead atoms. The zero-order valence-electron chi connectivity index (χ0n) is 17.3. The molecule has 1 fully saturated rings. The molecule has 0 unspecified atom stereocenters. The number of piperidine rings is 1. The Hall–Kier alpha value is -2.72. The molecule has 0 saturated carbocycles. The summed E-state index contributed by atoms with van der Waals surface area (Å²) in [5.74, 6) is 0.885. The number of fused-ring (bicyclic) bond motifs is 1. The fourth-order valence-corrected chi connectivity index (χ4v) is 5.63. The summed E-state index contributed by atoms with van der Waals surface area (Å²) in [6.45, 7) is 0.639. The van der Waals surface area contributed by atoms with Gasteiger partial charge in [-0.2, -0.15) is 17.7 Å². The largest absolute Gasteiger partial charge is 0.339 e. The molecule has 33 heavy (non-hydrogen) atoms. The summed E-state index contributed by atoms with van der Waals surface area (Å²) in [5.41, 5.74) is 1.81. The topological polar surface area (TPSA) is 101 Å². The van der Waals surface area contributed by atoms with Crippen LogP contribution in [-0.2, 0) is 10.2 Å². The fourth-order valence-electron chi connectivity index (χ4n) is 3.86. The Balaban J connectivity index is 1.26. The van der Waals surface area contributed by atoms with E-state index in [0.29, 0.717) is 59.1 Å². The minimum atomic E-state index is -3.74. The van der Waals surface area contributed by atoms with Crippen molar-refractivity contribution in [1.29, 1.82) is 0 Å². The third-order valence-electron chi connectivity index (χ3n) is 5.52. The molecule has 1 saturated heterocycles. The lowest BCUT2D eigenvalue weighted by Crippen LogP contribution is -2.41. The minimum absolute atomic E-state index is 0.0289. The van der Waals surface area contributed by atoms with Crippen LogP contribution in [0.25, 0.3) is 22.4 Å². The van der Waals surface area contributed by atoms with Gasteiger partial charge in [-0.25, -0.2) is 4.98 Å². The van der Waals surface area contributed by atoms with Gasteiger partial charge in [0.2, 0.25) is 11.7 Å². The van der Waals surface area contributed by atoms with Gasteiger partial charge in [-0.15, -0.1) is 0 Å². The van der Waals surface area contributed by atoms with Gasteiger partial charge in [0, 0.05) is 34.4 Å². The Morgan fingerprint density at radius 1 is 0.970 bits per heavy atom. The first kappa shape index (κ1) is 22.1. The Morgan fingerprint density at radius 3 is 2.45 bits per heavy atom. The standard InChI is InChI=1S/C22H19Cl2N5O3S/c23-16-11-17(24)13-18(12-16)28-33(30,31)29-9-7-15(8-10-29)22-26-21(27-32-22)20-6-5-14-3-1-2-4-19(14)25-20/h1-6,11-13,15,28H,7-10H2. The maximum absolute atomic E-state index is 12.8. The molecule has 0 aliphatic carbocycles. The van der Waals surface area contributed by atoms with Crippen molar-refractivity contribution in [1.82, 2.24) is 19.4 Å². The van der Waals surface area contributed by atoms with Crippen LogP contribution < -0.4 is 4.72 Å². The summed E-state index contributed by atoms with van der Waals surface area (Å²) in [6.07, 6.45) is 1.12. The molecule has 0 amide bonds. The molecule has 0 radical (unpaired) electrons. The molecule has 5 rings (SSSR count). The van der Waals surface area contributed by atoms with Crippen molar-refractivity contribution in [3.63, 3.8) is 0 Å². The number of aromatic nitrogens is 3. The molecule has 11 heteroatoms. The van der Waals surface area contributed by atoms with E-state index in [9.17, 15) is 8.42 Å². The lowest BCUT2D eigenvalue weighted by Gasteiger charge is -2.29. The zero-order valence-corrected chi connectivity index (χ0v) is 19.6. The number of hydrogen-bond donors (Lipinski definition) is 1. The molecule has 1 aliphatic rings. The fraction of sp³-hybridized carbons (Fsp3) is 0.227. The van der Waals surface area contributed by atoms with E-state index in [1.807, 2.05) is 36.4 Å². The second-order valence-corrected chi connectivity index (χ2v) is 10.3. The van der Waals surface area contributed by atoms with Gasteiger partial charge >= 0.3 is 10.2 Å². The highest BCUT2D eigenvalue weighted by Gasteiger charge is 2.31. The average molecular weight is 504 g/mol. The van der Waals surface area contributed by atoms with Crippen molar-refractivity contribution in [3.8, 4) is 11.5 Å².